The number of hydrogen-bond acceptors (Lipinski definition) is 6. The first kappa shape index (κ1) is 15.7. The molecule has 122 valence electrons. The van der Waals surface area contributed by atoms with Gasteiger partial charge in [0.2, 0.25) is 5.89 Å². The molecule has 24 heavy (non-hydrogen) atoms. The fourth-order valence-corrected chi connectivity index (χ4v) is 2.32. The van der Waals surface area contributed by atoms with Crippen molar-refractivity contribution in [3.05, 3.63) is 56.3 Å². The van der Waals surface area contributed by atoms with Gasteiger partial charge in [-0.05, 0) is 12.1 Å². The summed E-state index contributed by atoms with van der Waals surface area (Å²) in [5.41, 5.74) is -0.470. The second kappa shape index (κ2) is 6.12. The Morgan fingerprint density at radius 2 is 2.21 bits per heavy atom. The molecule has 0 bridgehead atoms. The van der Waals surface area contributed by atoms with Crippen LogP contribution in [0.25, 0.3) is 10.9 Å². The molecule has 0 unspecified atom stereocenters. The summed E-state index contributed by atoms with van der Waals surface area (Å²) in [5, 5.41) is 13.1. The van der Waals surface area contributed by atoms with Gasteiger partial charge in [-0.1, -0.05) is 19.0 Å². The molecule has 3 heterocycles. The van der Waals surface area contributed by atoms with Gasteiger partial charge in [0, 0.05) is 25.1 Å². The number of aromatic amines is 1. The Bertz CT molecular complexity index is 1050. The summed E-state index contributed by atoms with van der Waals surface area (Å²) < 4.78 is 6.63. The molecule has 0 aromatic carbocycles. The summed E-state index contributed by atoms with van der Waals surface area (Å²) in [6, 6.07) is 4.73. The normalized spacial score (nSPS) is 11.1. The summed E-state index contributed by atoms with van der Waals surface area (Å²) in [5.74, 6) is 1.24. The lowest BCUT2D eigenvalue weighted by Gasteiger charge is -2.05. The SMILES string of the molecule is CC(C)c1nc(CCn2ccc3[nH]c(=O)c(C#N)cc3c2=O)no1. The summed E-state index contributed by atoms with van der Waals surface area (Å²) in [4.78, 5) is 30.9. The number of aromatic nitrogens is 4. The second-order valence-electron chi connectivity index (χ2n) is 5.72. The predicted molar refractivity (Wildman–Crippen MR) is 85.6 cm³/mol. The average Bonchev–Trinajstić information content (AvgIpc) is 3.03. The second-order valence-corrected chi connectivity index (χ2v) is 5.72. The van der Waals surface area contributed by atoms with Gasteiger partial charge in [-0.25, -0.2) is 0 Å². The van der Waals surface area contributed by atoms with Crippen molar-refractivity contribution in [1.29, 1.82) is 5.26 Å². The molecule has 3 rings (SSSR count). The van der Waals surface area contributed by atoms with E-state index in [1.165, 1.54) is 10.6 Å². The van der Waals surface area contributed by atoms with E-state index < -0.39 is 5.56 Å². The third-order valence-electron chi connectivity index (χ3n) is 3.66. The van der Waals surface area contributed by atoms with Crippen molar-refractivity contribution in [3.8, 4) is 6.07 Å². The fraction of sp³-hybridized carbons (Fsp3) is 0.312. The van der Waals surface area contributed by atoms with Crippen molar-refractivity contribution in [1.82, 2.24) is 19.7 Å². The average molecular weight is 325 g/mol. The molecule has 0 aliphatic rings. The van der Waals surface area contributed by atoms with Gasteiger partial charge in [0.15, 0.2) is 5.82 Å². The lowest BCUT2D eigenvalue weighted by Crippen LogP contribution is -2.23. The maximum absolute atomic E-state index is 12.5. The highest BCUT2D eigenvalue weighted by Gasteiger charge is 2.11. The Kier molecular flexibility index (Phi) is 4.00. The van der Waals surface area contributed by atoms with Crippen LogP contribution in [0.5, 0.6) is 0 Å². The number of nitrogens with zero attached hydrogens (tertiary/aromatic N) is 4. The van der Waals surface area contributed by atoms with E-state index in [-0.39, 0.29) is 17.0 Å². The quantitative estimate of drug-likeness (QED) is 0.772. The molecule has 0 saturated carbocycles. The summed E-state index contributed by atoms with van der Waals surface area (Å²) in [6.07, 6.45) is 2.03. The van der Waals surface area contributed by atoms with Crippen LogP contribution in [0.3, 0.4) is 0 Å². The third kappa shape index (κ3) is 2.84. The highest BCUT2D eigenvalue weighted by Crippen LogP contribution is 2.11. The number of hydrogen-bond donors (Lipinski definition) is 1. The van der Waals surface area contributed by atoms with Crippen molar-refractivity contribution in [2.45, 2.75) is 32.7 Å². The topological polar surface area (TPSA) is 118 Å². The van der Waals surface area contributed by atoms with E-state index in [9.17, 15) is 9.59 Å². The summed E-state index contributed by atoms with van der Waals surface area (Å²) in [7, 11) is 0. The van der Waals surface area contributed by atoms with Crippen LogP contribution < -0.4 is 11.1 Å². The predicted octanol–water partition coefficient (Wildman–Crippen LogP) is 1.31. The monoisotopic (exact) mass is 325 g/mol. The molecule has 0 aliphatic carbocycles. The number of nitrogens with one attached hydrogen (secondary N) is 1. The molecule has 8 nitrogen and oxygen atoms in total. The lowest BCUT2D eigenvalue weighted by molar-refractivity contribution is 0.360. The van der Waals surface area contributed by atoms with E-state index in [4.69, 9.17) is 9.78 Å². The molecule has 0 amide bonds. The van der Waals surface area contributed by atoms with Crippen LogP contribution in [0.4, 0.5) is 0 Å². The summed E-state index contributed by atoms with van der Waals surface area (Å²) >= 11 is 0. The maximum Gasteiger partial charge on any atom is 0.266 e. The molecule has 1 N–H and O–H groups in total. The highest BCUT2D eigenvalue weighted by atomic mass is 16.5. The molecule has 3 aromatic heterocycles. The standard InChI is InChI=1S/C16H15N5O3/c1-9(2)15-19-13(20-24-15)4-6-21-5-3-12-11(16(21)23)7-10(8-17)14(22)18-12/h3,5,7,9H,4,6H2,1-2H3,(H,18,22). The van der Waals surface area contributed by atoms with Crippen LogP contribution in [0.1, 0.15) is 37.0 Å². The van der Waals surface area contributed by atoms with E-state index in [1.54, 1.807) is 18.3 Å². The first-order valence-corrected chi connectivity index (χ1v) is 7.48. The number of H-pyrrole nitrogens is 1. The molecule has 0 spiro atoms. The van der Waals surface area contributed by atoms with Gasteiger partial charge in [0.1, 0.15) is 11.6 Å². The van der Waals surface area contributed by atoms with Gasteiger partial charge in [-0.2, -0.15) is 10.2 Å². The van der Waals surface area contributed by atoms with Crippen molar-refractivity contribution in [2.75, 3.05) is 0 Å². The van der Waals surface area contributed by atoms with Gasteiger partial charge in [-0.3, -0.25) is 9.59 Å². The molecule has 0 saturated heterocycles. The van der Waals surface area contributed by atoms with Crippen LogP contribution >= 0.6 is 0 Å². The van der Waals surface area contributed by atoms with Crippen molar-refractivity contribution in [2.24, 2.45) is 0 Å². The molecular weight excluding hydrogens is 310 g/mol. The highest BCUT2D eigenvalue weighted by molar-refractivity contribution is 5.78. The van der Waals surface area contributed by atoms with Gasteiger partial charge in [0.05, 0.1) is 10.9 Å². The molecule has 0 fully saturated rings. The van der Waals surface area contributed by atoms with Gasteiger partial charge < -0.3 is 14.1 Å². The number of pyridine rings is 2. The third-order valence-corrected chi connectivity index (χ3v) is 3.66. The fourth-order valence-electron chi connectivity index (χ4n) is 2.32. The zero-order chi connectivity index (χ0) is 17.3. The number of nitriles is 1. The molecular formula is C16H15N5O3. The largest absolute Gasteiger partial charge is 0.339 e. The maximum atomic E-state index is 12.5. The van der Waals surface area contributed by atoms with Gasteiger partial charge >= 0.3 is 0 Å². The van der Waals surface area contributed by atoms with Crippen molar-refractivity contribution in [3.63, 3.8) is 0 Å². The van der Waals surface area contributed by atoms with Crippen LogP contribution in [0.2, 0.25) is 0 Å². The Balaban J connectivity index is 1.91. The molecule has 0 aliphatic heterocycles. The van der Waals surface area contributed by atoms with E-state index in [2.05, 4.69) is 15.1 Å². The molecule has 0 atom stereocenters. The van der Waals surface area contributed by atoms with E-state index in [1.807, 2.05) is 13.8 Å². The Morgan fingerprint density at radius 3 is 2.88 bits per heavy atom. The van der Waals surface area contributed by atoms with Crippen molar-refractivity contribution < 1.29 is 4.52 Å². The minimum absolute atomic E-state index is 0.0860. The molecule has 8 heteroatoms. The first-order valence-electron chi connectivity index (χ1n) is 7.48. The Hall–Kier alpha value is -3.21. The first-order chi connectivity index (χ1) is 11.5. The van der Waals surface area contributed by atoms with Gasteiger partial charge in [-0.15, -0.1) is 0 Å². The zero-order valence-corrected chi connectivity index (χ0v) is 13.2. The minimum Gasteiger partial charge on any atom is -0.339 e. The number of fused-ring (bicyclic) bond motifs is 1. The summed E-state index contributed by atoms with van der Waals surface area (Å²) in [6.45, 7) is 4.28. The van der Waals surface area contributed by atoms with Crippen LogP contribution in [-0.2, 0) is 13.0 Å². The number of rotatable bonds is 4. The van der Waals surface area contributed by atoms with Crippen LogP contribution in [0.15, 0.2) is 32.4 Å². The van der Waals surface area contributed by atoms with Crippen LogP contribution in [0, 0.1) is 11.3 Å². The van der Waals surface area contributed by atoms with E-state index >= 15 is 0 Å². The lowest BCUT2D eigenvalue weighted by atomic mass is 10.2. The van der Waals surface area contributed by atoms with Crippen LogP contribution in [-0.4, -0.2) is 19.7 Å². The smallest absolute Gasteiger partial charge is 0.266 e. The van der Waals surface area contributed by atoms with E-state index in [0.29, 0.717) is 35.6 Å². The minimum atomic E-state index is -0.504. The number of aryl methyl sites for hydroxylation is 2. The van der Waals surface area contributed by atoms with Gasteiger partial charge in [0.25, 0.3) is 11.1 Å². The van der Waals surface area contributed by atoms with Crippen molar-refractivity contribution >= 4 is 10.9 Å². The van der Waals surface area contributed by atoms with E-state index in [0.717, 1.165) is 0 Å². The Morgan fingerprint density at radius 1 is 1.42 bits per heavy atom. The zero-order valence-electron chi connectivity index (χ0n) is 13.2. The Labute approximate surface area is 136 Å². The molecule has 3 aromatic rings. The molecule has 0 radical (unpaired) electrons.